The topological polar surface area (TPSA) is 80.6 Å². The molecule has 0 atom stereocenters. The number of methoxy groups -OCH3 is 1. The first kappa shape index (κ1) is 13.2. The maximum atomic E-state index is 11.3. The molecule has 0 saturated heterocycles. The molecule has 0 fully saturated rings. The molecule has 6 heteroatoms. The molecule has 0 radical (unpaired) electrons. The smallest absolute Gasteiger partial charge is 0.341 e. The van der Waals surface area contributed by atoms with E-state index in [1.807, 2.05) is 0 Å². The maximum Gasteiger partial charge on any atom is 0.341 e. The van der Waals surface area contributed by atoms with Crippen LogP contribution in [0.25, 0.3) is 0 Å². The molecule has 94 valence electrons. The quantitative estimate of drug-likeness (QED) is 0.719. The minimum atomic E-state index is -0.427. The number of carbonyl (C=O) groups is 2. The second-order valence-electron chi connectivity index (χ2n) is 3.45. The molecule has 0 aliphatic heterocycles. The molecule has 1 aromatic rings. The summed E-state index contributed by atoms with van der Waals surface area (Å²) < 4.78 is 9.97. The molecule has 0 saturated carbocycles. The van der Waals surface area contributed by atoms with Crippen molar-refractivity contribution in [3.63, 3.8) is 0 Å². The van der Waals surface area contributed by atoms with Crippen LogP contribution in [0.5, 0.6) is 0 Å². The molecule has 0 aliphatic carbocycles. The number of carbonyl (C=O) groups excluding carboxylic acids is 2. The zero-order valence-corrected chi connectivity index (χ0v) is 10.1. The van der Waals surface area contributed by atoms with Crippen molar-refractivity contribution in [2.75, 3.05) is 20.7 Å². The number of furan rings is 1. The van der Waals surface area contributed by atoms with Crippen LogP contribution in [0.15, 0.2) is 10.5 Å². The van der Waals surface area contributed by atoms with Crippen LogP contribution in [0.3, 0.4) is 0 Å². The highest BCUT2D eigenvalue weighted by molar-refractivity contribution is 5.90. The lowest BCUT2D eigenvalue weighted by Gasteiger charge is -2.00. The summed E-state index contributed by atoms with van der Waals surface area (Å²) in [6.45, 7) is 2.27. The van der Waals surface area contributed by atoms with Gasteiger partial charge in [0, 0.05) is 7.05 Å². The fraction of sp³-hybridized carbons (Fsp3) is 0.455. The molecular weight excluding hydrogens is 224 g/mol. The van der Waals surface area contributed by atoms with Gasteiger partial charge in [-0.2, -0.15) is 0 Å². The molecule has 2 N–H and O–H groups in total. The number of aryl methyl sites for hydroxylation is 1. The highest BCUT2D eigenvalue weighted by Gasteiger charge is 2.14. The molecule has 1 amide bonds. The Bertz CT molecular complexity index is 412. The van der Waals surface area contributed by atoms with Crippen LogP contribution in [0.4, 0.5) is 0 Å². The molecule has 17 heavy (non-hydrogen) atoms. The largest absolute Gasteiger partial charge is 0.465 e. The summed E-state index contributed by atoms with van der Waals surface area (Å²) in [4.78, 5) is 22.3. The Morgan fingerprint density at radius 1 is 1.47 bits per heavy atom. The van der Waals surface area contributed by atoms with Crippen molar-refractivity contribution in [3.05, 3.63) is 23.2 Å². The lowest BCUT2D eigenvalue weighted by Crippen LogP contribution is -2.30. The first-order chi connectivity index (χ1) is 8.08. The van der Waals surface area contributed by atoms with Gasteiger partial charge in [0.25, 0.3) is 0 Å². The Morgan fingerprint density at radius 2 is 2.18 bits per heavy atom. The summed E-state index contributed by atoms with van der Waals surface area (Å²) in [6, 6.07) is 1.61. The number of likely N-dealkylation sites (N-methyl/N-ethyl adjacent to an activating group) is 1. The first-order valence-electron chi connectivity index (χ1n) is 5.17. The molecule has 0 bridgehead atoms. The van der Waals surface area contributed by atoms with Gasteiger partial charge in [-0.1, -0.05) is 0 Å². The number of ether oxygens (including phenoxy) is 1. The van der Waals surface area contributed by atoms with E-state index in [2.05, 4.69) is 15.4 Å². The Kier molecular flexibility index (Phi) is 4.71. The standard InChI is InChI=1S/C11H16N2O4/c1-7-9(11(15)16-3)4-8(17-7)5-13-6-10(14)12-2/h4,13H,5-6H2,1-3H3,(H,12,14). The Morgan fingerprint density at radius 3 is 2.76 bits per heavy atom. The van der Waals surface area contributed by atoms with Gasteiger partial charge in [0.15, 0.2) is 0 Å². The van der Waals surface area contributed by atoms with Crippen molar-refractivity contribution >= 4 is 11.9 Å². The Labute approximate surface area is 99.3 Å². The second-order valence-corrected chi connectivity index (χ2v) is 3.45. The van der Waals surface area contributed by atoms with Gasteiger partial charge in [-0.05, 0) is 13.0 Å². The van der Waals surface area contributed by atoms with Crippen LogP contribution >= 0.6 is 0 Å². The van der Waals surface area contributed by atoms with Gasteiger partial charge in [-0.15, -0.1) is 0 Å². The zero-order chi connectivity index (χ0) is 12.8. The summed E-state index contributed by atoms with van der Waals surface area (Å²) in [7, 11) is 2.88. The maximum absolute atomic E-state index is 11.3. The first-order valence-corrected chi connectivity index (χ1v) is 5.17. The molecule has 0 aliphatic rings. The third-order valence-corrected chi connectivity index (χ3v) is 2.24. The Hall–Kier alpha value is -1.82. The van der Waals surface area contributed by atoms with E-state index >= 15 is 0 Å². The van der Waals surface area contributed by atoms with Gasteiger partial charge < -0.3 is 19.8 Å². The summed E-state index contributed by atoms with van der Waals surface area (Å²) >= 11 is 0. The van der Waals surface area contributed by atoms with Crippen molar-refractivity contribution in [1.29, 1.82) is 0 Å². The van der Waals surface area contributed by atoms with E-state index in [-0.39, 0.29) is 12.5 Å². The molecule has 1 aromatic heterocycles. The fourth-order valence-electron chi connectivity index (χ4n) is 1.33. The minimum absolute atomic E-state index is 0.110. The van der Waals surface area contributed by atoms with Gasteiger partial charge >= 0.3 is 5.97 Å². The summed E-state index contributed by atoms with van der Waals surface area (Å²) in [5, 5.41) is 5.38. The van der Waals surface area contributed by atoms with Gasteiger partial charge in [0.05, 0.1) is 20.2 Å². The van der Waals surface area contributed by atoms with Crippen LogP contribution in [-0.4, -0.2) is 32.6 Å². The van der Waals surface area contributed by atoms with Gasteiger partial charge in [-0.3, -0.25) is 4.79 Å². The summed E-state index contributed by atoms with van der Waals surface area (Å²) in [5.41, 5.74) is 0.407. The van der Waals surface area contributed by atoms with E-state index in [9.17, 15) is 9.59 Å². The molecule has 1 heterocycles. The number of nitrogens with one attached hydrogen (secondary N) is 2. The van der Waals surface area contributed by atoms with Crippen molar-refractivity contribution in [2.45, 2.75) is 13.5 Å². The van der Waals surface area contributed by atoms with Gasteiger partial charge in [0.1, 0.15) is 17.1 Å². The van der Waals surface area contributed by atoms with E-state index in [4.69, 9.17) is 4.42 Å². The predicted octanol–water partition coefficient (Wildman–Crippen LogP) is 0.210. The summed E-state index contributed by atoms with van der Waals surface area (Å²) in [5.74, 6) is 0.561. The van der Waals surface area contributed by atoms with Crippen molar-refractivity contribution < 1.29 is 18.7 Å². The van der Waals surface area contributed by atoms with E-state index < -0.39 is 5.97 Å². The van der Waals surface area contributed by atoms with Gasteiger partial charge in [-0.25, -0.2) is 4.79 Å². The average molecular weight is 240 g/mol. The molecule has 6 nitrogen and oxygen atoms in total. The zero-order valence-electron chi connectivity index (χ0n) is 10.1. The number of esters is 1. The average Bonchev–Trinajstić information content (AvgIpc) is 2.69. The van der Waals surface area contributed by atoms with E-state index in [0.717, 1.165) is 0 Å². The number of hydrogen-bond donors (Lipinski definition) is 2. The van der Waals surface area contributed by atoms with Crippen molar-refractivity contribution in [2.24, 2.45) is 0 Å². The lowest BCUT2D eigenvalue weighted by molar-refractivity contribution is -0.119. The van der Waals surface area contributed by atoms with Crippen LogP contribution in [0, 0.1) is 6.92 Å². The molecular formula is C11H16N2O4. The van der Waals surface area contributed by atoms with Gasteiger partial charge in [0.2, 0.25) is 5.91 Å². The molecule has 0 spiro atoms. The number of amides is 1. The molecule has 0 unspecified atom stereocenters. The monoisotopic (exact) mass is 240 g/mol. The van der Waals surface area contributed by atoms with Crippen LogP contribution in [0.2, 0.25) is 0 Å². The van der Waals surface area contributed by atoms with E-state index in [1.165, 1.54) is 7.11 Å². The fourth-order valence-corrected chi connectivity index (χ4v) is 1.33. The van der Waals surface area contributed by atoms with Crippen LogP contribution in [-0.2, 0) is 16.1 Å². The molecule has 0 aromatic carbocycles. The SMILES string of the molecule is CNC(=O)CNCc1cc(C(=O)OC)c(C)o1. The minimum Gasteiger partial charge on any atom is -0.465 e. The summed E-state index contributed by atoms with van der Waals surface area (Å²) in [6.07, 6.45) is 0. The van der Waals surface area contributed by atoms with Crippen LogP contribution < -0.4 is 10.6 Å². The molecule has 1 rings (SSSR count). The van der Waals surface area contributed by atoms with Crippen molar-refractivity contribution in [3.8, 4) is 0 Å². The number of rotatable bonds is 5. The predicted molar refractivity (Wildman–Crippen MR) is 60.6 cm³/mol. The number of hydrogen-bond acceptors (Lipinski definition) is 5. The van der Waals surface area contributed by atoms with Crippen LogP contribution in [0.1, 0.15) is 21.9 Å². The van der Waals surface area contributed by atoms with Crippen molar-refractivity contribution in [1.82, 2.24) is 10.6 Å². The third-order valence-electron chi connectivity index (χ3n) is 2.24. The third kappa shape index (κ3) is 3.60. The Balaban J connectivity index is 2.56. The van der Waals surface area contributed by atoms with E-state index in [0.29, 0.717) is 23.6 Å². The van der Waals surface area contributed by atoms with E-state index in [1.54, 1.807) is 20.0 Å². The highest BCUT2D eigenvalue weighted by Crippen LogP contribution is 2.15. The second kappa shape index (κ2) is 6.05. The highest BCUT2D eigenvalue weighted by atomic mass is 16.5. The normalized spacial score (nSPS) is 10.1. The lowest BCUT2D eigenvalue weighted by atomic mass is 10.2.